The molecule has 19 heavy (non-hydrogen) atoms. The molecular formula is C14H18N2O3. The van der Waals surface area contributed by atoms with Gasteiger partial charge in [0.2, 0.25) is 5.91 Å². The highest BCUT2D eigenvalue weighted by Crippen LogP contribution is 2.10. The molecule has 1 aromatic heterocycles. The lowest BCUT2D eigenvalue weighted by Crippen LogP contribution is -2.50. The van der Waals surface area contributed by atoms with Gasteiger partial charge in [-0.1, -0.05) is 5.57 Å². The minimum absolute atomic E-state index is 0.0235. The number of hydrogen-bond acceptors (Lipinski definition) is 3. The highest BCUT2D eigenvalue weighted by molar-refractivity contribution is 5.94. The fraction of sp³-hybridized carbons (Fsp3) is 0.429. The van der Waals surface area contributed by atoms with Crippen LogP contribution >= 0.6 is 0 Å². The molecule has 2 heterocycles. The van der Waals surface area contributed by atoms with Crippen LogP contribution in [-0.2, 0) is 4.79 Å². The van der Waals surface area contributed by atoms with Crippen LogP contribution in [0.3, 0.4) is 0 Å². The predicted molar refractivity (Wildman–Crippen MR) is 70.6 cm³/mol. The lowest BCUT2D eigenvalue weighted by Gasteiger charge is -2.34. The first-order valence-corrected chi connectivity index (χ1v) is 6.33. The van der Waals surface area contributed by atoms with Gasteiger partial charge in [0.15, 0.2) is 0 Å². The Morgan fingerprint density at radius 1 is 1.16 bits per heavy atom. The Hall–Kier alpha value is -2.04. The van der Waals surface area contributed by atoms with Crippen molar-refractivity contribution in [2.24, 2.45) is 0 Å². The van der Waals surface area contributed by atoms with Gasteiger partial charge in [-0.25, -0.2) is 0 Å². The summed E-state index contributed by atoms with van der Waals surface area (Å²) in [6, 6.07) is 1.66. The van der Waals surface area contributed by atoms with Gasteiger partial charge in [-0.3, -0.25) is 9.59 Å². The largest absolute Gasteiger partial charge is 0.472 e. The van der Waals surface area contributed by atoms with Gasteiger partial charge in [-0.05, 0) is 19.9 Å². The molecule has 0 N–H and O–H groups in total. The van der Waals surface area contributed by atoms with Gasteiger partial charge in [0.05, 0.1) is 11.8 Å². The maximum absolute atomic E-state index is 12.1. The molecule has 2 amide bonds. The fourth-order valence-corrected chi connectivity index (χ4v) is 2.04. The maximum Gasteiger partial charge on any atom is 0.257 e. The van der Waals surface area contributed by atoms with E-state index in [1.54, 1.807) is 21.9 Å². The monoisotopic (exact) mass is 262 g/mol. The summed E-state index contributed by atoms with van der Waals surface area (Å²) in [5.41, 5.74) is 1.55. The SMILES string of the molecule is CC(C)=CC(=O)N1CCN(C(=O)c2ccoc2)CC1. The average molecular weight is 262 g/mol. The molecule has 0 bridgehead atoms. The number of amides is 2. The Labute approximate surface area is 112 Å². The van der Waals surface area contributed by atoms with E-state index < -0.39 is 0 Å². The average Bonchev–Trinajstić information content (AvgIpc) is 2.91. The molecule has 2 rings (SSSR count). The highest BCUT2D eigenvalue weighted by atomic mass is 16.3. The van der Waals surface area contributed by atoms with E-state index >= 15 is 0 Å². The van der Waals surface area contributed by atoms with Gasteiger partial charge in [0.1, 0.15) is 6.26 Å². The van der Waals surface area contributed by atoms with Crippen LogP contribution in [-0.4, -0.2) is 47.8 Å². The molecule has 102 valence electrons. The van der Waals surface area contributed by atoms with Crippen molar-refractivity contribution in [3.05, 3.63) is 35.8 Å². The van der Waals surface area contributed by atoms with E-state index in [1.165, 1.54) is 12.5 Å². The second kappa shape index (κ2) is 5.73. The van der Waals surface area contributed by atoms with Crippen molar-refractivity contribution < 1.29 is 14.0 Å². The molecular weight excluding hydrogens is 244 g/mol. The molecule has 1 aromatic rings. The van der Waals surface area contributed by atoms with E-state index in [9.17, 15) is 9.59 Å². The van der Waals surface area contributed by atoms with Crippen molar-refractivity contribution in [3.8, 4) is 0 Å². The molecule has 1 aliphatic heterocycles. The molecule has 5 heteroatoms. The zero-order valence-electron chi connectivity index (χ0n) is 11.3. The lowest BCUT2D eigenvalue weighted by molar-refractivity contribution is -0.127. The summed E-state index contributed by atoms with van der Waals surface area (Å²) in [5, 5.41) is 0. The number of carbonyl (C=O) groups excluding carboxylic acids is 2. The van der Waals surface area contributed by atoms with E-state index in [-0.39, 0.29) is 11.8 Å². The first-order chi connectivity index (χ1) is 9.08. The third-order valence-electron chi connectivity index (χ3n) is 3.06. The van der Waals surface area contributed by atoms with E-state index in [1.807, 2.05) is 13.8 Å². The molecule has 1 aliphatic rings. The summed E-state index contributed by atoms with van der Waals surface area (Å²) in [6.45, 7) is 6.07. The Balaban J connectivity index is 1.91. The van der Waals surface area contributed by atoms with Crippen LogP contribution in [0.15, 0.2) is 34.7 Å². The third-order valence-corrected chi connectivity index (χ3v) is 3.06. The van der Waals surface area contributed by atoms with Crippen LogP contribution in [0.1, 0.15) is 24.2 Å². The van der Waals surface area contributed by atoms with Crippen LogP contribution in [0.5, 0.6) is 0 Å². The number of furan rings is 1. The van der Waals surface area contributed by atoms with Crippen molar-refractivity contribution in [3.63, 3.8) is 0 Å². The summed E-state index contributed by atoms with van der Waals surface area (Å²) in [7, 11) is 0. The van der Waals surface area contributed by atoms with Crippen molar-refractivity contribution >= 4 is 11.8 Å². The maximum atomic E-state index is 12.1. The van der Waals surface area contributed by atoms with Crippen LogP contribution < -0.4 is 0 Å². The van der Waals surface area contributed by atoms with Crippen LogP contribution in [0.2, 0.25) is 0 Å². The fourth-order valence-electron chi connectivity index (χ4n) is 2.04. The summed E-state index contributed by atoms with van der Waals surface area (Å²) in [5.74, 6) is -0.0153. The van der Waals surface area contributed by atoms with Crippen molar-refractivity contribution in [2.45, 2.75) is 13.8 Å². The molecule has 1 saturated heterocycles. The molecule has 0 aliphatic carbocycles. The minimum atomic E-state index is -0.0388. The van der Waals surface area contributed by atoms with Crippen LogP contribution in [0, 0.1) is 0 Å². The van der Waals surface area contributed by atoms with Crippen molar-refractivity contribution in [2.75, 3.05) is 26.2 Å². The topological polar surface area (TPSA) is 53.8 Å². The van der Waals surface area contributed by atoms with Gasteiger partial charge >= 0.3 is 0 Å². The third kappa shape index (κ3) is 3.24. The first kappa shape index (κ1) is 13.4. The van der Waals surface area contributed by atoms with E-state index in [4.69, 9.17) is 4.42 Å². The normalized spacial score (nSPS) is 15.3. The summed E-state index contributed by atoms with van der Waals surface area (Å²) < 4.78 is 4.91. The van der Waals surface area contributed by atoms with Gasteiger partial charge in [0.25, 0.3) is 5.91 Å². The van der Waals surface area contributed by atoms with Crippen LogP contribution in [0.4, 0.5) is 0 Å². The second-order valence-corrected chi connectivity index (χ2v) is 4.85. The number of rotatable bonds is 2. The number of piperazine rings is 1. The summed E-state index contributed by atoms with van der Waals surface area (Å²) in [4.78, 5) is 27.4. The van der Waals surface area contributed by atoms with Gasteiger partial charge in [-0.2, -0.15) is 0 Å². The van der Waals surface area contributed by atoms with E-state index in [0.29, 0.717) is 31.7 Å². The molecule has 0 unspecified atom stereocenters. The molecule has 0 atom stereocenters. The highest BCUT2D eigenvalue weighted by Gasteiger charge is 2.24. The van der Waals surface area contributed by atoms with Crippen LogP contribution in [0.25, 0.3) is 0 Å². The predicted octanol–water partition coefficient (Wildman–Crippen LogP) is 1.53. The standard InChI is InChI=1S/C14H18N2O3/c1-11(2)9-13(17)15-4-6-16(7-5-15)14(18)12-3-8-19-10-12/h3,8-10H,4-7H2,1-2H3. The molecule has 0 aromatic carbocycles. The molecule has 1 fully saturated rings. The molecule has 0 saturated carbocycles. The Morgan fingerprint density at radius 3 is 2.32 bits per heavy atom. The Bertz CT molecular complexity index is 479. The van der Waals surface area contributed by atoms with Gasteiger partial charge < -0.3 is 14.2 Å². The Kier molecular flexibility index (Phi) is 4.04. The van der Waals surface area contributed by atoms with E-state index in [0.717, 1.165) is 5.57 Å². The van der Waals surface area contributed by atoms with E-state index in [2.05, 4.69) is 0 Å². The molecule has 0 radical (unpaired) electrons. The van der Waals surface area contributed by atoms with Crippen molar-refractivity contribution in [1.29, 1.82) is 0 Å². The lowest BCUT2D eigenvalue weighted by atomic mass is 10.2. The van der Waals surface area contributed by atoms with Gasteiger partial charge in [-0.15, -0.1) is 0 Å². The minimum Gasteiger partial charge on any atom is -0.472 e. The first-order valence-electron chi connectivity index (χ1n) is 6.33. The zero-order chi connectivity index (χ0) is 13.8. The van der Waals surface area contributed by atoms with Crippen molar-refractivity contribution in [1.82, 2.24) is 9.80 Å². The molecule has 5 nitrogen and oxygen atoms in total. The Morgan fingerprint density at radius 2 is 1.79 bits per heavy atom. The summed E-state index contributed by atoms with van der Waals surface area (Å²) >= 11 is 0. The smallest absolute Gasteiger partial charge is 0.257 e. The summed E-state index contributed by atoms with van der Waals surface area (Å²) in [6.07, 6.45) is 4.57. The number of carbonyl (C=O) groups is 2. The van der Waals surface area contributed by atoms with Gasteiger partial charge in [0, 0.05) is 32.3 Å². The zero-order valence-corrected chi connectivity index (χ0v) is 11.3. The second-order valence-electron chi connectivity index (χ2n) is 4.85. The number of allylic oxidation sites excluding steroid dienone is 1. The number of nitrogens with zero attached hydrogens (tertiary/aromatic N) is 2. The number of hydrogen-bond donors (Lipinski definition) is 0. The molecule has 0 spiro atoms. The quantitative estimate of drug-likeness (QED) is 0.759.